The summed E-state index contributed by atoms with van der Waals surface area (Å²) in [4.78, 5) is 33.4. The molecule has 0 aliphatic rings. The van der Waals surface area contributed by atoms with Gasteiger partial charge in [-0.1, -0.05) is 39.0 Å². The molecule has 0 fully saturated rings. The summed E-state index contributed by atoms with van der Waals surface area (Å²) in [6, 6.07) is 13.0. The quantitative estimate of drug-likeness (QED) is 0.560. The SMILES string of the molecule is CCN(C(=O)CC(C)(C)C)C(C)c1nc2ccccc2c(=O)n1-c1ccc(C)c(C)c1. The van der Waals surface area contributed by atoms with E-state index in [0.29, 0.717) is 29.7 Å². The van der Waals surface area contributed by atoms with Crippen molar-refractivity contribution in [1.82, 2.24) is 14.5 Å². The van der Waals surface area contributed by atoms with Gasteiger partial charge >= 0.3 is 0 Å². The highest BCUT2D eigenvalue weighted by molar-refractivity contribution is 5.79. The van der Waals surface area contributed by atoms with Crippen LogP contribution in [0.1, 0.15) is 64.0 Å². The maximum atomic E-state index is 13.6. The number of fused-ring (bicyclic) bond motifs is 1. The fourth-order valence-electron chi connectivity index (χ4n) is 3.91. The molecule has 5 nitrogen and oxygen atoms in total. The molecule has 3 aromatic rings. The first-order valence-corrected chi connectivity index (χ1v) is 10.9. The first-order chi connectivity index (χ1) is 14.5. The van der Waals surface area contributed by atoms with Gasteiger partial charge in [0.2, 0.25) is 5.91 Å². The molecule has 31 heavy (non-hydrogen) atoms. The highest BCUT2D eigenvalue weighted by Gasteiger charge is 2.28. The van der Waals surface area contributed by atoms with Crippen molar-refractivity contribution in [3.63, 3.8) is 0 Å². The van der Waals surface area contributed by atoms with Gasteiger partial charge < -0.3 is 4.90 Å². The molecular weight excluding hydrogens is 386 g/mol. The molecule has 1 heterocycles. The number of hydrogen-bond donors (Lipinski definition) is 0. The Labute approximate surface area is 184 Å². The lowest BCUT2D eigenvalue weighted by Gasteiger charge is -2.32. The zero-order valence-corrected chi connectivity index (χ0v) is 19.7. The summed E-state index contributed by atoms with van der Waals surface area (Å²) in [5, 5.41) is 0.570. The Morgan fingerprint density at radius 1 is 1.10 bits per heavy atom. The van der Waals surface area contributed by atoms with Crippen LogP contribution in [0.25, 0.3) is 16.6 Å². The normalized spacial score (nSPS) is 12.7. The zero-order valence-electron chi connectivity index (χ0n) is 19.7. The number of aromatic nitrogens is 2. The van der Waals surface area contributed by atoms with E-state index in [1.165, 1.54) is 0 Å². The molecule has 2 aromatic carbocycles. The van der Waals surface area contributed by atoms with Crippen molar-refractivity contribution in [2.75, 3.05) is 6.54 Å². The molecule has 3 rings (SSSR count). The van der Waals surface area contributed by atoms with Crippen LogP contribution < -0.4 is 5.56 Å². The molecule has 0 aliphatic heterocycles. The van der Waals surface area contributed by atoms with Gasteiger partial charge in [0.25, 0.3) is 5.56 Å². The Morgan fingerprint density at radius 2 is 1.77 bits per heavy atom. The molecule has 0 N–H and O–H groups in total. The minimum Gasteiger partial charge on any atom is -0.333 e. The highest BCUT2D eigenvalue weighted by atomic mass is 16.2. The predicted octanol–water partition coefficient (Wildman–Crippen LogP) is 5.35. The van der Waals surface area contributed by atoms with Gasteiger partial charge in [-0.15, -0.1) is 0 Å². The second-order valence-corrected chi connectivity index (χ2v) is 9.49. The maximum Gasteiger partial charge on any atom is 0.266 e. The molecule has 0 bridgehead atoms. The van der Waals surface area contributed by atoms with Crippen LogP contribution in [0, 0.1) is 19.3 Å². The molecule has 164 valence electrons. The van der Waals surface area contributed by atoms with Crippen molar-refractivity contribution in [3.05, 3.63) is 69.8 Å². The van der Waals surface area contributed by atoms with Crippen LogP contribution in [0.5, 0.6) is 0 Å². The minimum absolute atomic E-state index is 0.0662. The molecule has 1 amide bonds. The number of aryl methyl sites for hydroxylation is 2. The van der Waals surface area contributed by atoms with Crippen LogP contribution >= 0.6 is 0 Å². The summed E-state index contributed by atoms with van der Waals surface area (Å²) >= 11 is 0. The van der Waals surface area contributed by atoms with Gasteiger partial charge in [0.15, 0.2) is 0 Å². The number of carbonyl (C=O) groups excluding carboxylic acids is 1. The van der Waals surface area contributed by atoms with Crippen LogP contribution in [0.2, 0.25) is 0 Å². The second kappa shape index (κ2) is 8.66. The van der Waals surface area contributed by atoms with Gasteiger partial charge in [0.05, 0.1) is 22.6 Å². The summed E-state index contributed by atoms with van der Waals surface area (Å²) in [5.74, 6) is 0.646. The van der Waals surface area contributed by atoms with Gasteiger partial charge in [-0.2, -0.15) is 0 Å². The zero-order chi connectivity index (χ0) is 22.9. The van der Waals surface area contributed by atoms with E-state index < -0.39 is 0 Å². The number of carbonyl (C=O) groups is 1. The van der Waals surface area contributed by atoms with Crippen LogP contribution in [-0.4, -0.2) is 26.9 Å². The maximum absolute atomic E-state index is 13.6. The van der Waals surface area contributed by atoms with Crippen LogP contribution in [-0.2, 0) is 4.79 Å². The van der Waals surface area contributed by atoms with Gasteiger partial charge in [-0.25, -0.2) is 4.98 Å². The predicted molar refractivity (Wildman–Crippen MR) is 127 cm³/mol. The fraction of sp³-hybridized carbons (Fsp3) is 0.423. The molecule has 5 heteroatoms. The number of benzene rings is 2. The second-order valence-electron chi connectivity index (χ2n) is 9.49. The largest absolute Gasteiger partial charge is 0.333 e. The first kappa shape index (κ1) is 22.7. The summed E-state index contributed by atoms with van der Waals surface area (Å²) in [6.45, 7) is 14.7. The van der Waals surface area contributed by atoms with Gasteiger partial charge in [0.1, 0.15) is 5.82 Å². The monoisotopic (exact) mass is 419 g/mol. The highest BCUT2D eigenvalue weighted by Crippen LogP contribution is 2.27. The minimum atomic E-state index is -0.348. The fourth-order valence-corrected chi connectivity index (χ4v) is 3.91. The van der Waals surface area contributed by atoms with E-state index >= 15 is 0 Å². The summed E-state index contributed by atoms with van der Waals surface area (Å²) in [7, 11) is 0. The van der Waals surface area contributed by atoms with E-state index in [1.807, 2.05) is 69.0 Å². The number of amides is 1. The standard InChI is InChI=1S/C26H33N3O2/c1-8-28(23(30)16-26(5,6)7)19(4)24-27-22-12-10-9-11-21(22)25(31)29(24)20-14-13-17(2)18(3)15-20/h9-15,19H,8,16H2,1-7H3. The van der Waals surface area contributed by atoms with E-state index in [-0.39, 0.29) is 22.9 Å². The Morgan fingerprint density at radius 3 is 2.39 bits per heavy atom. The molecule has 1 atom stereocenters. The average Bonchev–Trinajstić information content (AvgIpc) is 2.69. The Balaban J connectivity index is 2.23. The molecule has 1 aromatic heterocycles. The van der Waals surface area contributed by atoms with E-state index in [4.69, 9.17) is 4.98 Å². The van der Waals surface area contributed by atoms with Gasteiger partial charge in [0, 0.05) is 13.0 Å². The Bertz CT molecular complexity index is 1170. The van der Waals surface area contributed by atoms with Crippen molar-refractivity contribution < 1.29 is 4.79 Å². The van der Waals surface area contributed by atoms with Crippen molar-refractivity contribution in [1.29, 1.82) is 0 Å². The molecule has 0 spiro atoms. The topological polar surface area (TPSA) is 55.2 Å². The van der Waals surface area contributed by atoms with Crippen molar-refractivity contribution in [2.45, 2.75) is 60.9 Å². The third-order valence-electron chi connectivity index (χ3n) is 5.73. The van der Waals surface area contributed by atoms with Crippen molar-refractivity contribution in [2.24, 2.45) is 5.41 Å². The molecule has 1 unspecified atom stereocenters. The van der Waals surface area contributed by atoms with Crippen molar-refractivity contribution >= 4 is 16.8 Å². The van der Waals surface area contributed by atoms with E-state index in [9.17, 15) is 9.59 Å². The lowest BCUT2D eigenvalue weighted by Crippen LogP contribution is -2.38. The number of para-hydroxylation sites is 1. The summed E-state index contributed by atoms with van der Waals surface area (Å²) in [5.41, 5.74) is 3.45. The number of hydrogen-bond acceptors (Lipinski definition) is 3. The number of nitrogens with zero attached hydrogens (tertiary/aromatic N) is 3. The number of rotatable bonds is 5. The molecule has 0 radical (unpaired) electrons. The van der Waals surface area contributed by atoms with Crippen LogP contribution in [0.3, 0.4) is 0 Å². The summed E-state index contributed by atoms with van der Waals surface area (Å²) < 4.78 is 1.67. The Kier molecular flexibility index (Phi) is 6.35. The molecule has 0 saturated carbocycles. The van der Waals surface area contributed by atoms with E-state index in [1.54, 1.807) is 10.6 Å². The lowest BCUT2D eigenvalue weighted by atomic mass is 9.91. The Hall–Kier alpha value is -2.95. The smallest absolute Gasteiger partial charge is 0.266 e. The average molecular weight is 420 g/mol. The lowest BCUT2D eigenvalue weighted by molar-refractivity contribution is -0.135. The van der Waals surface area contributed by atoms with Gasteiger partial charge in [-0.3, -0.25) is 14.2 Å². The third kappa shape index (κ3) is 4.71. The van der Waals surface area contributed by atoms with Crippen molar-refractivity contribution in [3.8, 4) is 5.69 Å². The first-order valence-electron chi connectivity index (χ1n) is 10.9. The van der Waals surface area contributed by atoms with Crippen LogP contribution in [0.4, 0.5) is 0 Å². The molecular formula is C26H33N3O2. The molecule has 0 saturated heterocycles. The molecule has 0 aliphatic carbocycles. The third-order valence-corrected chi connectivity index (χ3v) is 5.73. The van der Waals surface area contributed by atoms with E-state index in [2.05, 4.69) is 20.8 Å². The summed E-state index contributed by atoms with van der Waals surface area (Å²) in [6.07, 6.45) is 0.437. The van der Waals surface area contributed by atoms with E-state index in [0.717, 1.165) is 16.8 Å². The van der Waals surface area contributed by atoms with Crippen LogP contribution in [0.15, 0.2) is 47.3 Å². The van der Waals surface area contributed by atoms with Gasteiger partial charge in [-0.05, 0) is 68.5 Å².